The van der Waals surface area contributed by atoms with Gasteiger partial charge in [0.05, 0.1) is 0 Å². The number of likely N-dealkylation sites (N-methyl/N-ethyl adjacent to an activating group) is 1. The van der Waals surface area contributed by atoms with Gasteiger partial charge in [0.1, 0.15) is 5.83 Å². The summed E-state index contributed by atoms with van der Waals surface area (Å²) in [6.07, 6.45) is 1.21. The lowest BCUT2D eigenvalue weighted by Gasteiger charge is -1.97. The molecular formula is C7H12FN. The fraction of sp³-hybridized carbons (Fsp3) is 0.429. The van der Waals surface area contributed by atoms with Crippen molar-refractivity contribution < 1.29 is 4.39 Å². The number of allylic oxidation sites excluding steroid dienone is 2. The minimum atomic E-state index is -0.232. The van der Waals surface area contributed by atoms with Crippen LogP contribution in [0.1, 0.15) is 6.92 Å². The van der Waals surface area contributed by atoms with Gasteiger partial charge in [0.2, 0.25) is 0 Å². The minimum Gasteiger partial charge on any atom is -0.316 e. The summed E-state index contributed by atoms with van der Waals surface area (Å²) >= 11 is 0. The normalized spacial score (nSPS) is 12.8. The molecule has 0 bridgehead atoms. The van der Waals surface area contributed by atoms with Gasteiger partial charge >= 0.3 is 0 Å². The van der Waals surface area contributed by atoms with Crippen molar-refractivity contribution in [3.63, 3.8) is 0 Å². The second-order valence-electron chi connectivity index (χ2n) is 1.86. The van der Waals surface area contributed by atoms with E-state index in [-0.39, 0.29) is 5.83 Å². The molecule has 0 saturated heterocycles. The first-order valence-corrected chi connectivity index (χ1v) is 2.84. The van der Waals surface area contributed by atoms with E-state index in [2.05, 4.69) is 11.9 Å². The van der Waals surface area contributed by atoms with Gasteiger partial charge in [-0.25, -0.2) is 4.39 Å². The zero-order chi connectivity index (χ0) is 7.28. The Morgan fingerprint density at radius 1 is 1.78 bits per heavy atom. The highest BCUT2D eigenvalue weighted by Gasteiger charge is 1.92. The van der Waals surface area contributed by atoms with E-state index in [0.717, 1.165) is 0 Å². The number of hydrogen-bond acceptors (Lipinski definition) is 1. The van der Waals surface area contributed by atoms with E-state index in [0.29, 0.717) is 12.1 Å². The van der Waals surface area contributed by atoms with E-state index in [1.807, 2.05) is 0 Å². The van der Waals surface area contributed by atoms with Crippen LogP contribution in [-0.4, -0.2) is 13.6 Å². The van der Waals surface area contributed by atoms with Crippen molar-refractivity contribution in [1.29, 1.82) is 0 Å². The number of halogens is 1. The molecule has 9 heavy (non-hydrogen) atoms. The highest BCUT2D eigenvalue weighted by atomic mass is 19.1. The number of hydrogen-bond donors (Lipinski definition) is 1. The fourth-order valence-electron chi connectivity index (χ4n) is 0.524. The van der Waals surface area contributed by atoms with Crippen molar-refractivity contribution in [3.05, 3.63) is 24.1 Å². The predicted molar refractivity (Wildman–Crippen MR) is 37.9 cm³/mol. The zero-order valence-electron chi connectivity index (χ0n) is 5.87. The van der Waals surface area contributed by atoms with Gasteiger partial charge in [0.15, 0.2) is 0 Å². The first-order valence-electron chi connectivity index (χ1n) is 2.84. The molecule has 0 aliphatic rings. The zero-order valence-corrected chi connectivity index (χ0v) is 5.87. The molecule has 0 unspecified atom stereocenters. The summed E-state index contributed by atoms with van der Waals surface area (Å²) in [6, 6.07) is 0. The predicted octanol–water partition coefficient (Wildman–Crippen LogP) is 1.64. The molecular weight excluding hydrogens is 117 g/mol. The van der Waals surface area contributed by atoms with Crippen molar-refractivity contribution in [2.75, 3.05) is 13.6 Å². The third-order valence-electron chi connectivity index (χ3n) is 1.03. The van der Waals surface area contributed by atoms with E-state index in [1.54, 1.807) is 14.0 Å². The van der Waals surface area contributed by atoms with Crippen LogP contribution < -0.4 is 5.32 Å². The maximum Gasteiger partial charge on any atom is 0.122 e. The smallest absolute Gasteiger partial charge is 0.122 e. The number of nitrogens with one attached hydrogen (secondary N) is 1. The maximum absolute atomic E-state index is 12.4. The van der Waals surface area contributed by atoms with Crippen LogP contribution in [0.5, 0.6) is 0 Å². The van der Waals surface area contributed by atoms with Gasteiger partial charge in [-0.2, -0.15) is 0 Å². The summed E-state index contributed by atoms with van der Waals surface area (Å²) in [5.74, 6) is -0.232. The topological polar surface area (TPSA) is 12.0 Å². The molecule has 0 aliphatic carbocycles. The SMILES string of the molecule is C=C/C(F)=C(\C)CNC. The van der Waals surface area contributed by atoms with Gasteiger partial charge in [-0.3, -0.25) is 0 Å². The molecule has 0 amide bonds. The first-order chi connectivity index (χ1) is 4.22. The molecule has 0 atom stereocenters. The molecule has 2 heteroatoms. The van der Waals surface area contributed by atoms with Gasteiger partial charge in [-0.1, -0.05) is 6.58 Å². The van der Waals surface area contributed by atoms with Crippen molar-refractivity contribution in [2.45, 2.75) is 6.92 Å². The summed E-state index contributed by atoms with van der Waals surface area (Å²) < 4.78 is 12.4. The summed E-state index contributed by atoms with van der Waals surface area (Å²) in [5, 5.41) is 2.84. The molecule has 0 spiro atoms. The van der Waals surface area contributed by atoms with E-state index >= 15 is 0 Å². The number of rotatable bonds is 3. The van der Waals surface area contributed by atoms with Crippen molar-refractivity contribution in [3.8, 4) is 0 Å². The molecule has 0 heterocycles. The highest BCUT2D eigenvalue weighted by Crippen LogP contribution is 2.03. The monoisotopic (exact) mass is 129 g/mol. The molecule has 1 N–H and O–H groups in total. The van der Waals surface area contributed by atoms with Gasteiger partial charge in [0, 0.05) is 6.54 Å². The average Bonchev–Trinajstić information content (AvgIpc) is 1.87. The van der Waals surface area contributed by atoms with Crippen LogP contribution in [0.4, 0.5) is 4.39 Å². The summed E-state index contributed by atoms with van der Waals surface area (Å²) in [7, 11) is 1.78. The van der Waals surface area contributed by atoms with Crippen LogP contribution in [0.25, 0.3) is 0 Å². The van der Waals surface area contributed by atoms with E-state index in [4.69, 9.17) is 0 Å². The third-order valence-corrected chi connectivity index (χ3v) is 1.03. The molecule has 1 nitrogen and oxygen atoms in total. The maximum atomic E-state index is 12.4. The molecule has 0 aromatic rings. The van der Waals surface area contributed by atoms with Crippen LogP contribution >= 0.6 is 0 Å². The molecule has 0 saturated carbocycles. The lowest BCUT2D eigenvalue weighted by molar-refractivity contribution is 0.645. The Morgan fingerprint density at radius 3 is 2.67 bits per heavy atom. The van der Waals surface area contributed by atoms with Crippen molar-refractivity contribution in [2.24, 2.45) is 0 Å². The Kier molecular flexibility index (Phi) is 3.97. The molecule has 52 valence electrons. The molecule has 0 fully saturated rings. The quantitative estimate of drug-likeness (QED) is 0.571. The van der Waals surface area contributed by atoms with Crippen LogP contribution in [-0.2, 0) is 0 Å². The van der Waals surface area contributed by atoms with Crippen LogP contribution in [0, 0.1) is 0 Å². The first kappa shape index (κ1) is 8.37. The van der Waals surface area contributed by atoms with Crippen LogP contribution in [0.15, 0.2) is 24.1 Å². The largest absolute Gasteiger partial charge is 0.316 e. The Labute approximate surface area is 55.3 Å². The van der Waals surface area contributed by atoms with Gasteiger partial charge in [0.25, 0.3) is 0 Å². The van der Waals surface area contributed by atoms with Crippen molar-refractivity contribution >= 4 is 0 Å². The molecule has 0 aliphatic heterocycles. The highest BCUT2D eigenvalue weighted by molar-refractivity contribution is 5.16. The Hall–Kier alpha value is -0.630. The van der Waals surface area contributed by atoms with Crippen LogP contribution in [0.3, 0.4) is 0 Å². The fourth-order valence-corrected chi connectivity index (χ4v) is 0.524. The van der Waals surface area contributed by atoms with E-state index in [1.165, 1.54) is 6.08 Å². The molecule has 0 aromatic heterocycles. The molecule has 0 rings (SSSR count). The van der Waals surface area contributed by atoms with Gasteiger partial charge in [-0.15, -0.1) is 0 Å². The molecule has 0 radical (unpaired) electrons. The summed E-state index contributed by atoms with van der Waals surface area (Å²) in [6.45, 7) is 5.61. The lowest BCUT2D eigenvalue weighted by atomic mass is 10.2. The lowest BCUT2D eigenvalue weighted by Crippen LogP contribution is -2.09. The summed E-state index contributed by atoms with van der Waals surface area (Å²) in [5.41, 5.74) is 0.688. The van der Waals surface area contributed by atoms with Gasteiger partial charge < -0.3 is 5.32 Å². The third kappa shape index (κ3) is 3.03. The second-order valence-corrected chi connectivity index (χ2v) is 1.86. The van der Waals surface area contributed by atoms with Crippen LogP contribution in [0.2, 0.25) is 0 Å². The van der Waals surface area contributed by atoms with Crippen molar-refractivity contribution in [1.82, 2.24) is 5.32 Å². The van der Waals surface area contributed by atoms with E-state index in [9.17, 15) is 4.39 Å². The van der Waals surface area contributed by atoms with E-state index < -0.39 is 0 Å². The molecule has 0 aromatic carbocycles. The minimum absolute atomic E-state index is 0.232. The standard InChI is InChI=1S/C7H12FN/c1-4-7(8)6(2)5-9-3/h4,9H,1,5H2,2-3H3/b7-6-. The average molecular weight is 129 g/mol. The Morgan fingerprint density at radius 2 is 2.33 bits per heavy atom. The van der Waals surface area contributed by atoms with Gasteiger partial charge in [-0.05, 0) is 25.6 Å². The second kappa shape index (κ2) is 4.27. The Bertz CT molecular complexity index is 127. The summed E-state index contributed by atoms with van der Waals surface area (Å²) in [4.78, 5) is 0. The Balaban J connectivity index is 3.93.